The molecule has 160 valence electrons. The van der Waals surface area contributed by atoms with Gasteiger partial charge in [0.05, 0.1) is 42.3 Å². The quantitative estimate of drug-likeness (QED) is 0.531. The predicted molar refractivity (Wildman–Crippen MR) is 117 cm³/mol. The summed E-state index contributed by atoms with van der Waals surface area (Å²) in [5.74, 6) is -0.760. The Bertz CT molecular complexity index is 1020. The molecule has 0 saturated carbocycles. The summed E-state index contributed by atoms with van der Waals surface area (Å²) in [4.78, 5) is 12.5. The van der Waals surface area contributed by atoms with Gasteiger partial charge in [-0.25, -0.2) is 0 Å². The molecule has 1 heterocycles. The molecule has 3 unspecified atom stereocenters. The molecule has 1 fully saturated rings. The molecule has 1 aliphatic heterocycles. The van der Waals surface area contributed by atoms with Crippen molar-refractivity contribution in [1.29, 1.82) is 21.0 Å². The van der Waals surface area contributed by atoms with Crippen molar-refractivity contribution in [3.8, 4) is 24.3 Å². The third-order valence-corrected chi connectivity index (χ3v) is 11.5. The van der Waals surface area contributed by atoms with Gasteiger partial charge in [-0.3, -0.25) is 4.79 Å². The number of nitrogens with one attached hydrogen (secondary N) is 1. The van der Waals surface area contributed by atoms with Crippen LogP contribution in [0.5, 0.6) is 0 Å². The smallest absolute Gasteiger partial charge is 0.228 e. The molecule has 0 aromatic heterocycles. The Morgan fingerprint density at radius 2 is 1.58 bits per heavy atom. The fraction of sp³-hybridized carbons (Fsp3) is 0.522. The summed E-state index contributed by atoms with van der Waals surface area (Å²) in [6.45, 7) is 20.1. The summed E-state index contributed by atoms with van der Waals surface area (Å²) in [6, 6.07) is 6.74. The van der Waals surface area contributed by atoms with Crippen molar-refractivity contribution in [3.05, 3.63) is 36.0 Å². The van der Waals surface area contributed by atoms with Gasteiger partial charge in [-0.2, -0.15) is 21.0 Å². The number of carbonyl (C=O) groups excluding carboxylic acids is 1. The Kier molecular flexibility index (Phi) is 5.84. The van der Waals surface area contributed by atoms with Crippen molar-refractivity contribution in [1.82, 2.24) is 5.32 Å². The summed E-state index contributed by atoms with van der Waals surface area (Å²) in [5.41, 5.74) is -3.73. The van der Waals surface area contributed by atoms with E-state index in [1.54, 1.807) is 0 Å². The van der Waals surface area contributed by atoms with Crippen LogP contribution < -0.4 is 5.32 Å². The van der Waals surface area contributed by atoms with Crippen molar-refractivity contribution in [2.45, 2.75) is 58.0 Å². The van der Waals surface area contributed by atoms with Crippen molar-refractivity contribution in [2.24, 2.45) is 16.7 Å². The van der Waals surface area contributed by atoms with E-state index in [1.807, 2.05) is 31.2 Å². The highest BCUT2D eigenvalue weighted by atomic mass is 28.4. The van der Waals surface area contributed by atoms with Crippen molar-refractivity contribution >= 4 is 14.2 Å². The number of hydrogen-bond acceptors (Lipinski definition) is 6. The van der Waals surface area contributed by atoms with Gasteiger partial charge in [-0.15, -0.1) is 0 Å². The first-order chi connectivity index (χ1) is 14.2. The molecule has 0 spiro atoms. The van der Waals surface area contributed by atoms with E-state index >= 15 is 0 Å². The lowest BCUT2D eigenvalue weighted by Gasteiger charge is -2.48. The first-order valence-electron chi connectivity index (χ1n) is 9.93. The normalized spacial score (nSPS) is 25.5. The van der Waals surface area contributed by atoms with Gasteiger partial charge >= 0.3 is 0 Å². The molecule has 0 aromatic carbocycles. The minimum Gasteiger partial charge on any atom is -0.413 e. The zero-order valence-corrected chi connectivity index (χ0v) is 19.8. The third-order valence-electron chi connectivity index (χ3n) is 6.93. The van der Waals surface area contributed by atoms with E-state index in [9.17, 15) is 25.8 Å². The van der Waals surface area contributed by atoms with E-state index in [4.69, 9.17) is 4.43 Å². The Labute approximate surface area is 185 Å². The van der Waals surface area contributed by atoms with Crippen LogP contribution in [0.2, 0.25) is 18.1 Å². The Morgan fingerprint density at radius 1 is 1.10 bits per heavy atom. The summed E-state index contributed by atoms with van der Waals surface area (Å²) < 4.78 is 6.41. The van der Waals surface area contributed by atoms with Gasteiger partial charge in [-0.1, -0.05) is 40.0 Å². The number of amides is 1. The van der Waals surface area contributed by atoms with Crippen LogP contribution in [0.25, 0.3) is 0 Å². The molecule has 8 heteroatoms. The monoisotopic (exact) mass is 433 g/mol. The van der Waals surface area contributed by atoms with Crippen LogP contribution in [-0.4, -0.2) is 26.4 Å². The zero-order chi connectivity index (χ0) is 24.0. The van der Waals surface area contributed by atoms with Crippen LogP contribution in [0.15, 0.2) is 36.0 Å². The highest BCUT2D eigenvalue weighted by Crippen LogP contribution is 2.55. The van der Waals surface area contributed by atoms with E-state index in [-0.39, 0.29) is 22.1 Å². The minimum absolute atomic E-state index is 0.0286. The van der Waals surface area contributed by atoms with Crippen LogP contribution in [0, 0.1) is 62.1 Å². The summed E-state index contributed by atoms with van der Waals surface area (Å²) in [6.07, 6.45) is 1.08. The van der Waals surface area contributed by atoms with Crippen LogP contribution in [0.4, 0.5) is 0 Å². The molecule has 2 rings (SSSR count). The topological polar surface area (TPSA) is 133 Å². The van der Waals surface area contributed by atoms with Gasteiger partial charge in [0.15, 0.2) is 8.32 Å². The van der Waals surface area contributed by atoms with E-state index in [0.717, 1.165) is 0 Å². The second-order valence-corrected chi connectivity index (χ2v) is 14.4. The van der Waals surface area contributed by atoms with Crippen LogP contribution >= 0.6 is 0 Å². The van der Waals surface area contributed by atoms with E-state index in [2.05, 4.69) is 52.3 Å². The van der Waals surface area contributed by atoms with Crippen LogP contribution in [0.1, 0.15) is 27.7 Å². The Morgan fingerprint density at radius 3 is 1.97 bits per heavy atom. The van der Waals surface area contributed by atoms with Crippen LogP contribution in [0.3, 0.4) is 0 Å². The van der Waals surface area contributed by atoms with Gasteiger partial charge in [0.25, 0.3) is 0 Å². The first-order valence-corrected chi connectivity index (χ1v) is 12.8. The van der Waals surface area contributed by atoms with Gasteiger partial charge in [0.2, 0.25) is 16.7 Å². The lowest BCUT2D eigenvalue weighted by molar-refractivity contribution is -0.138. The number of carbonyl (C=O) groups is 1. The first kappa shape index (κ1) is 24.1. The van der Waals surface area contributed by atoms with Gasteiger partial charge in [-0.05, 0) is 41.8 Å². The fourth-order valence-corrected chi connectivity index (χ4v) is 5.30. The molecule has 3 atom stereocenters. The van der Waals surface area contributed by atoms with Crippen LogP contribution in [-0.2, 0) is 9.22 Å². The molecule has 31 heavy (non-hydrogen) atoms. The maximum Gasteiger partial charge on any atom is 0.228 e. The van der Waals surface area contributed by atoms with Crippen molar-refractivity contribution < 1.29 is 9.22 Å². The average molecular weight is 434 g/mol. The molecule has 2 aliphatic rings. The SMILES string of the molecule is C=C1C=C(C2NC(=O)C2C(C)O[Si](C)(C)C(C)(C)C)C(=C)C(C#N)(C#N)C1(C#N)C#N. The van der Waals surface area contributed by atoms with E-state index < -0.39 is 37.2 Å². The van der Waals surface area contributed by atoms with E-state index in [0.29, 0.717) is 5.57 Å². The van der Waals surface area contributed by atoms with Gasteiger partial charge in [0.1, 0.15) is 0 Å². The van der Waals surface area contributed by atoms with Gasteiger partial charge < -0.3 is 9.74 Å². The molecule has 1 saturated heterocycles. The lowest BCUT2D eigenvalue weighted by atomic mass is 9.53. The van der Waals surface area contributed by atoms with Crippen molar-refractivity contribution in [3.63, 3.8) is 0 Å². The molecule has 0 aromatic rings. The second kappa shape index (κ2) is 7.51. The van der Waals surface area contributed by atoms with Crippen molar-refractivity contribution in [2.75, 3.05) is 0 Å². The van der Waals surface area contributed by atoms with Gasteiger partial charge in [0, 0.05) is 0 Å². The Balaban J connectivity index is 2.51. The molecule has 7 nitrogen and oxygen atoms in total. The number of nitrogens with zero attached hydrogens (tertiary/aromatic N) is 4. The molecule has 1 aliphatic carbocycles. The molecular weight excluding hydrogens is 406 g/mol. The number of rotatable bonds is 4. The third kappa shape index (κ3) is 3.21. The lowest BCUT2D eigenvalue weighted by Crippen LogP contribution is -2.65. The molecular formula is C23H27N5O2Si. The van der Waals surface area contributed by atoms with E-state index in [1.165, 1.54) is 6.08 Å². The standard InChI is InChI=1S/C23H27N5O2Si/c1-14-9-17(15(2)23(12-26,13-27)22(14,10-24)11-25)19-18(20(29)28-19)16(3)30-31(7,8)21(4,5)6/h9,16,18-19H,1-2H2,3-8H3,(H,28,29). The maximum absolute atomic E-state index is 12.5. The number of allylic oxidation sites excluding steroid dienone is 2. The number of β-lactam (4-membered cyclic amide) rings is 1. The zero-order valence-electron chi connectivity index (χ0n) is 18.8. The fourth-order valence-electron chi connectivity index (χ4n) is 3.87. The predicted octanol–water partition coefficient (Wildman–Crippen LogP) is 3.63. The second-order valence-electron chi connectivity index (χ2n) is 9.65. The summed E-state index contributed by atoms with van der Waals surface area (Å²) >= 11 is 0. The Hall–Kier alpha value is -3.17. The maximum atomic E-state index is 12.5. The number of hydrogen-bond donors (Lipinski definition) is 1. The molecule has 0 radical (unpaired) electrons. The summed E-state index contributed by atoms with van der Waals surface area (Å²) in [5, 5.41) is 42.0. The summed E-state index contributed by atoms with van der Waals surface area (Å²) in [7, 11) is -2.16. The largest absolute Gasteiger partial charge is 0.413 e. The average Bonchev–Trinajstić information content (AvgIpc) is 2.66. The molecule has 1 N–H and O–H groups in total. The molecule has 0 bridgehead atoms. The minimum atomic E-state index is -2.16. The highest BCUT2D eigenvalue weighted by molar-refractivity contribution is 6.74. The molecule has 1 amide bonds. The highest BCUT2D eigenvalue weighted by Gasteiger charge is 2.63. The number of nitriles is 4.